The fourth-order valence-corrected chi connectivity index (χ4v) is 2.45. The molecule has 3 aromatic carbocycles. The van der Waals surface area contributed by atoms with E-state index >= 15 is 0 Å². The summed E-state index contributed by atoms with van der Waals surface area (Å²) in [4.78, 5) is 22.2. The molecule has 1 amide bonds. The fourth-order valence-electron chi connectivity index (χ4n) is 2.45. The number of rotatable bonds is 4. The second kappa shape index (κ2) is 6.89. The van der Waals surface area contributed by atoms with Gasteiger partial charge in [0, 0.05) is 17.7 Å². The lowest BCUT2D eigenvalue weighted by molar-refractivity contribution is -0.384. The molecule has 8 heteroatoms. The van der Waals surface area contributed by atoms with Crippen molar-refractivity contribution in [2.45, 2.75) is 0 Å². The molecule has 0 unspecified atom stereocenters. The Morgan fingerprint density at radius 1 is 1.08 bits per heavy atom. The van der Waals surface area contributed by atoms with Crippen molar-refractivity contribution >= 4 is 28.6 Å². The van der Waals surface area contributed by atoms with Crippen LogP contribution in [0.3, 0.4) is 0 Å². The Labute approximate surface area is 147 Å². The molecule has 0 aromatic heterocycles. The maximum absolute atomic E-state index is 12.1. The fraction of sp³-hybridized carbons (Fsp3) is 0. The first-order valence-electron chi connectivity index (χ1n) is 7.49. The van der Waals surface area contributed by atoms with Gasteiger partial charge < -0.3 is 10.2 Å². The zero-order valence-electron chi connectivity index (χ0n) is 13.3. The molecule has 26 heavy (non-hydrogen) atoms. The number of hydrogen-bond donors (Lipinski definition) is 3. The molecule has 0 spiro atoms. The van der Waals surface area contributed by atoms with Crippen LogP contribution in [0.2, 0.25) is 0 Å². The molecular weight excluding hydrogens is 338 g/mol. The van der Waals surface area contributed by atoms with Crippen LogP contribution in [0, 0.1) is 10.1 Å². The van der Waals surface area contributed by atoms with Gasteiger partial charge in [0.05, 0.1) is 16.7 Å². The molecule has 0 aliphatic carbocycles. The van der Waals surface area contributed by atoms with Crippen molar-refractivity contribution in [2.24, 2.45) is 5.10 Å². The van der Waals surface area contributed by atoms with Crippen LogP contribution < -0.4 is 5.43 Å². The summed E-state index contributed by atoms with van der Waals surface area (Å²) < 4.78 is 0. The first kappa shape index (κ1) is 16.9. The van der Waals surface area contributed by atoms with E-state index in [-0.39, 0.29) is 17.0 Å². The summed E-state index contributed by atoms with van der Waals surface area (Å²) in [6.45, 7) is 0. The second-order valence-electron chi connectivity index (χ2n) is 5.38. The van der Waals surface area contributed by atoms with Gasteiger partial charge in [-0.3, -0.25) is 14.9 Å². The zero-order chi connectivity index (χ0) is 18.7. The molecule has 3 rings (SSSR count). The largest absolute Gasteiger partial charge is 0.507 e. The van der Waals surface area contributed by atoms with Crippen LogP contribution in [0.4, 0.5) is 5.69 Å². The Morgan fingerprint density at radius 2 is 1.81 bits per heavy atom. The smallest absolute Gasteiger partial charge is 0.275 e. The Hall–Kier alpha value is -3.94. The van der Waals surface area contributed by atoms with Crippen molar-refractivity contribution in [1.29, 1.82) is 0 Å². The lowest BCUT2D eigenvalue weighted by atomic mass is 10.0. The standard InChI is InChI=1S/C18H13N3O5/c22-16-8-6-12(21(25)26)9-14(16)18(24)20-19-10-15-13-4-2-1-3-11(13)5-7-17(15)23/h1-10,22-23H,(H,20,24)/b19-10+. The molecule has 0 bridgehead atoms. The Balaban J connectivity index is 1.86. The predicted octanol–water partition coefficient (Wildman–Crippen LogP) is 2.92. The molecule has 8 nitrogen and oxygen atoms in total. The number of nitrogens with one attached hydrogen (secondary N) is 1. The van der Waals surface area contributed by atoms with E-state index in [4.69, 9.17) is 0 Å². The van der Waals surface area contributed by atoms with E-state index in [1.165, 1.54) is 12.3 Å². The van der Waals surface area contributed by atoms with Crippen molar-refractivity contribution in [1.82, 2.24) is 5.43 Å². The van der Waals surface area contributed by atoms with Crippen molar-refractivity contribution in [3.63, 3.8) is 0 Å². The number of nitro benzene ring substituents is 1. The minimum atomic E-state index is -0.817. The number of benzene rings is 3. The summed E-state index contributed by atoms with van der Waals surface area (Å²) in [7, 11) is 0. The Morgan fingerprint density at radius 3 is 2.58 bits per heavy atom. The molecular formula is C18H13N3O5. The summed E-state index contributed by atoms with van der Waals surface area (Å²) >= 11 is 0. The summed E-state index contributed by atoms with van der Waals surface area (Å²) in [6.07, 6.45) is 1.27. The van der Waals surface area contributed by atoms with Gasteiger partial charge in [-0.15, -0.1) is 0 Å². The van der Waals surface area contributed by atoms with Gasteiger partial charge in [0.25, 0.3) is 11.6 Å². The number of aromatic hydroxyl groups is 2. The van der Waals surface area contributed by atoms with Gasteiger partial charge in [-0.05, 0) is 22.9 Å². The van der Waals surface area contributed by atoms with Crippen LogP contribution >= 0.6 is 0 Å². The molecule has 0 radical (unpaired) electrons. The second-order valence-corrected chi connectivity index (χ2v) is 5.38. The molecule has 0 saturated carbocycles. The van der Waals surface area contributed by atoms with Crippen molar-refractivity contribution in [3.05, 3.63) is 75.8 Å². The van der Waals surface area contributed by atoms with Gasteiger partial charge in [0.15, 0.2) is 0 Å². The predicted molar refractivity (Wildman–Crippen MR) is 95.4 cm³/mol. The zero-order valence-corrected chi connectivity index (χ0v) is 13.3. The van der Waals surface area contributed by atoms with Crippen LogP contribution in [0.5, 0.6) is 11.5 Å². The number of amides is 1. The van der Waals surface area contributed by atoms with E-state index in [0.29, 0.717) is 5.56 Å². The van der Waals surface area contributed by atoms with Crippen LogP contribution in [-0.4, -0.2) is 27.3 Å². The number of carbonyl (C=O) groups excluding carboxylic acids is 1. The summed E-state index contributed by atoms with van der Waals surface area (Å²) in [5, 5.41) is 35.9. The van der Waals surface area contributed by atoms with E-state index in [9.17, 15) is 25.1 Å². The third-order valence-corrected chi connectivity index (χ3v) is 3.74. The summed E-state index contributed by atoms with van der Waals surface area (Å²) in [5.74, 6) is -1.24. The van der Waals surface area contributed by atoms with Gasteiger partial charge >= 0.3 is 0 Å². The van der Waals surface area contributed by atoms with Crippen LogP contribution in [-0.2, 0) is 0 Å². The van der Waals surface area contributed by atoms with Crippen LogP contribution in [0.1, 0.15) is 15.9 Å². The molecule has 3 aromatic rings. The normalized spacial score (nSPS) is 10.9. The number of nitro groups is 1. The minimum absolute atomic E-state index is 0.0140. The molecule has 130 valence electrons. The molecule has 3 N–H and O–H groups in total. The van der Waals surface area contributed by atoms with Crippen molar-refractivity contribution < 1.29 is 19.9 Å². The van der Waals surface area contributed by atoms with E-state index in [1.54, 1.807) is 18.2 Å². The number of hydrazone groups is 1. The third kappa shape index (κ3) is 3.29. The highest BCUT2D eigenvalue weighted by Crippen LogP contribution is 2.25. The first-order valence-corrected chi connectivity index (χ1v) is 7.49. The first-order chi connectivity index (χ1) is 12.5. The molecule has 0 atom stereocenters. The average Bonchev–Trinajstić information content (AvgIpc) is 2.63. The van der Waals surface area contributed by atoms with Gasteiger partial charge in [0.2, 0.25) is 0 Å². The number of phenols is 2. The Bertz CT molecular complexity index is 1050. The highest BCUT2D eigenvalue weighted by Gasteiger charge is 2.16. The SMILES string of the molecule is O=C(N/N=C/c1c(O)ccc2ccccc12)c1cc([N+](=O)[O-])ccc1O. The van der Waals surface area contributed by atoms with Gasteiger partial charge in [-0.1, -0.05) is 30.3 Å². The van der Waals surface area contributed by atoms with Gasteiger partial charge in [-0.2, -0.15) is 5.10 Å². The Kier molecular flexibility index (Phi) is 4.48. The number of fused-ring (bicyclic) bond motifs is 1. The molecule has 0 aliphatic rings. The number of nitrogens with zero attached hydrogens (tertiary/aromatic N) is 2. The number of hydrogen-bond acceptors (Lipinski definition) is 6. The maximum atomic E-state index is 12.1. The van der Waals surface area contributed by atoms with Gasteiger partial charge in [-0.25, -0.2) is 5.43 Å². The minimum Gasteiger partial charge on any atom is -0.507 e. The van der Waals surface area contributed by atoms with Gasteiger partial charge in [0.1, 0.15) is 11.5 Å². The number of non-ortho nitro benzene ring substituents is 1. The van der Waals surface area contributed by atoms with E-state index in [1.807, 2.05) is 12.1 Å². The third-order valence-electron chi connectivity index (χ3n) is 3.74. The number of phenolic OH excluding ortho intramolecular Hbond substituents is 2. The topological polar surface area (TPSA) is 125 Å². The lowest BCUT2D eigenvalue weighted by Crippen LogP contribution is -2.18. The van der Waals surface area contributed by atoms with Crippen LogP contribution in [0.15, 0.2) is 59.7 Å². The van der Waals surface area contributed by atoms with E-state index < -0.39 is 16.6 Å². The molecule has 0 saturated heterocycles. The maximum Gasteiger partial charge on any atom is 0.275 e. The lowest BCUT2D eigenvalue weighted by Gasteiger charge is -2.05. The van der Waals surface area contributed by atoms with Crippen molar-refractivity contribution in [3.8, 4) is 11.5 Å². The summed E-state index contributed by atoms with van der Waals surface area (Å²) in [6, 6.07) is 13.7. The summed E-state index contributed by atoms with van der Waals surface area (Å²) in [5.41, 5.74) is 1.98. The highest BCUT2D eigenvalue weighted by atomic mass is 16.6. The van der Waals surface area contributed by atoms with Crippen LogP contribution in [0.25, 0.3) is 10.8 Å². The van der Waals surface area contributed by atoms with Crippen molar-refractivity contribution in [2.75, 3.05) is 0 Å². The molecule has 0 fully saturated rings. The monoisotopic (exact) mass is 351 g/mol. The van der Waals surface area contributed by atoms with E-state index in [0.717, 1.165) is 29.0 Å². The quantitative estimate of drug-likeness (QED) is 0.378. The highest BCUT2D eigenvalue weighted by molar-refractivity contribution is 6.03. The number of carbonyl (C=O) groups is 1. The van der Waals surface area contributed by atoms with E-state index in [2.05, 4.69) is 10.5 Å². The molecule has 0 aliphatic heterocycles. The molecule has 0 heterocycles. The average molecular weight is 351 g/mol.